The molecule has 2 aromatic carbocycles. The molecule has 0 atom stereocenters. The lowest BCUT2D eigenvalue weighted by atomic mass is 10.1. The van der Waals surface area contributed by atoms with E-state index >= 15 is 0 Å². The lowest BCUT2D eigenvalue weighted by Gasteiger charge is -2.18. The van der Waals surface area contributed by atoms with Crippen LogP contribution in [-0.4, -0.2) is 31.6 Å². The van der Waals surface area contributed by atoms with Crippen LogP contribution in [0, 0.1) is 11.3 Å². The summed E-state index contributed by atoms with van der Waals surface area (Å²) in [6, 6.07) is 14.8. The van der Waals surface area contributed by atoms with Crippen LogP contribution in [0.2, 0.25) is 0 Å². The minimum atomic E-state index is -0.147. The first kappa shape index (κ1) is 19.1. The van der Waals surface area contributed by atoms with Crippen LogP contribution in [0.25, 0.3) is 0 Å². The Balaban J connectivity index is 1.94. The van der Waals surface area contributed by atoms with Crippen LogP contribution < -0.4 is 9.47 Å². The third-order valence-electron chi connectivity index (χ3n) is 3.89. The van der Waals surface area contributed by atoms with Gasteiger partial charge in [-0.15, -0.1) is 6.58 Å². The number of carbonyl (C=O) groups is 1. The Hall–Kier alpha value is -3.26. The van der Waals surface area contributed by atoms with E-state index in [1.165, 1.54) is 0 Å². The molecule has 0 aliphatic carbocycles. The maximum absolute atomic E-state index is 12.3. The van der Waals surface area contributed by atoms with Crippen molar-refractivity contribution in [2.75, 3.05) is 20.8 Å². The van der Waals surface area contributed by atoms with E-state index < -0.39 is 0 Å². The zero-order valence-corrected chi connectivity index (χ0v) is 15.1. The van der Waals surface area contributed by atoms with Gasteiger partial charge in [-0.05, 0) is 41.8 Å². The highest BCUT2D eigenvalue weighted by atomic mass is 16.5. The van der Waals surface area contributed by atoms with Crippen LogP contribution in [-0.2, 0) is 17.8 Å². The SMILES string of the molecule is C=CCc1ccc(OCC(=O)N(C)Cc2ccc(C#N)cc2)c(OC)c1. The van der Waals surface area contributed by atoms with Gasteiger partial charge < -0.3 is 14.4 Å². The highest BCUT2D eigenvalue weighted by molar-refractivity contribution is 5.77. The number of amides is 1. The largest absolute Gasteiger partial charge is 0.493 e. The van der Waals surface area contributed by atoms with Crippen molar-refractivity contribution in [2.24, 2.45) is 0 Å². The fourth-order valence-corrected chi connectivity index (χ4v) is 2.42. The van der Waals surface area contributed by atoms with E-state index in [1.807, 2.05) is 30.3 Å². The van der Waals surface area contributed by atoms with Crippen LogP contribution in [0.1, 0.15) is 16.7 Å². The highest BCUT2D eigenvalue weighted by Gasteiger charge is 2.12. The Morgan fingerprint density at radius 2 is 1.88 bits per heavy atom. The summed E-state index contributed by atoms with van der Waals surface area (Å²) >= 11 is 0. The first-order valence-electron chi connectivity index (χ1n) is 8.21. The number of hydrogen-bond acceptors (Lipinski definition) is 4. The minimum Gasteiger partial charge on any atom is -0.493 e. The molecule has 5 nitrogen and oxygen atoms in total. The van der Waals surface area contributed by atoms with Crippen LogP contribution in [0.4, 0.5) is 0 Å². The summed E-state index contributed by atoms with van der Waals surface area (Å²) in [4.78, 5) is 13.9. The van der Waals surface area contributed by atoms with Crippen LogP contribution in [0.15, 0.2) is 55.1 Å². The molecule has 0 spiro atoms. The average Bonchev–Trinajstić information content (AvgIpc) is 2.67. The Morgan fingerprint density at radius 3 is 2.50 bits per heavy atom. The maximum Gasteiger partial charge on any atom is 0.260 e. The van der Waals surface area contributed by atoms with Crippen molar-refractivity contribution < 1.29 is 14.3 Å². The summed E-state index contributed by atoms with van der Waals surface area (Å²) < 4.78 is 11.0. The number of nitriles is 1. The van der Waals surface area contributed by atoms with Crippen LogP contribution in [0.5, 0.6) is 11.5 Å². The molecule has 2 aromatic rings. The van der Waals surface area contributed by atoms with Gasteiger partial charge in [0, 0.05) is 13.6 Å². The third kappa shape index (κ3) is 5.12. The van der Waals surface area contributed by atoms with Gasteiger partial charge in [-0.25, -0.2) is 0 Å². The van der Waals surface area contributed by atoms with Crippen LogP contribution in [0.3, 0.4) is 0 Å². The fraction of sp³-hybridized carbons (Fsp3) is 0.238. The molecule has 0 heterocycles. The van der Waals surface area contributed by atoms with Crippen molar-refractivity contribution in [3.63, 3.8) is 0 Å². The molecule has 1 amide bonds. The van der Waals surface area contributed by atoms with Gasteiger partial charge in [-0.2, -0.15) is 5.26 Å². The highest BCUT2D eigenvalue weighted by Crippen LogP contribution is 2.28. The van der Waals surface area contributed by atoms with Crippen molar-refractivity contribution in [1.82, 2.24) is 4.90 Å². The van der Waals surface area contributed by atoms with Crippen molar-refractivity contribution >= 4 is 5.91 Å². The van der Waals surface area contributed by atoms with Gasteiger partial charge in [0.25, 0.3) is 5.91 Å². The van der Waals surface area contributed by atoms with Gasteiger partial charge in [0.15, 0.2) is 18.1 Å². The summed E-state index contributed by atoms with van der Waals surface area (Å²) in [5.41, 5.74) is 2.61. The molecular weight excluding hydrogens is 328 g/mol. The van der Waals surface area contributed by atoms with Crippen molar-refractivity contribution in [3.05, 3.63) is 71.8 Å². The van der Waals surface area contributed by atoms with Gasteiger partial charge in [0.05, 0.1) is 18.7 Å². The normalized spacial score (nSPS) is 9.88. The first-order chi connectivity index (χ1) is 12.6. The zero-order valence-electron chi connectivity index (χ0n) is 15.1. The number of nitrogens with zero attached hydrogens (tertiary/aromatic N) is 2. The molecule has 0 saturated heterocycles. The minimum absolute atomic E-state index is 0.0794. The second-order valence-corrected chi connectivity index (χ2v) is 5.83. The number of ether oxygens (including phenoxy) is 2. The van der Waals surface area contributed by atoms with Gasteiger partial charge in [0.1, 0.15) is 0 Å². The average molecular weight is 350 g/mol. The Morgan fingerprint density at radius 1 is 1.19 bits per heavy atom. The lowest BCUT2D eigenvalue weighted by molar-refractivity contribution is -0.132. The molecule has 0 saturated carbocycles. The number of rotatable bonds is 8. The van der Waals surface area contributed by atoms with E-state index in [-0.39, 0.29) is 12.5 Å². The van der Waals surface area contributed by atoms with E-state index in [0.717, 1.165) is 17.5 Å². The van der Waals surface area contributed by atoms with Crippen LogP contribution >= 0.6 is 0 Å². The molecule has 0 aromatic heterocycles. The molecule has 5 heteroatoms. The molecule has 0 fully saturated rings. The summed E-state index contributed by atoms with van der Waals surface area (Å²) in [6.45, 7) is 4.09. The third-order valence-corrected chi connectivity index (χ3v) is 3.89. The maximum atomic E-state index is 12.3. The fourth-order valence-electron chi connectivity index (χ4n) is 2.42. The molecule has 0 unspecified atom stereocenters. The monoisotopic (exact) mass is 350 g/mol. The summed E-state index contributed by atoms with van der Waals surface area (Å²) in [5, 5.41) is 8.82. The summed E-state index contributed by atoms with van der Waals surface area (Å²) in [5.74, 6) is 0.971. The Labute approximate surface area is 154 Å². The van der Waals surface area contributed by atoms with E-state index in [2.05, 4.69) is 12.6 Å². The number of methoxy groups -OCH3 is 1. The van der Waals surface area contributed by atoms with Gasteiger partial charge in [0.2, 0.25) is 0 Å². The second kappa shape index (κ2) is 9.28. The molecule has 2 rings (SSSR count). The molecule has 134 valence electrons. The lowest BCUT2D eigenvalue weighted by Crippen LogP contribution is -2.31. The Bertz CT molecular complexity index is 807. The topological polar surface area (TPSA) is 62.6 Å². The quantitative estimate of drug-likeness (QED) is 0.685. The van der Waals surface area contributed by atoms with E-state index in [9.17, 15) is 4.79 Å². The smallest absolute Gasteiger partial charge is 0.260 e. The molecule has 26 heavy (non-hydrogen) atoms. The number of hydrogen-bond donors (Lipinski definition) is 0. The van der Waals surface area contributed by atoms with Gasteiger partial charge in [-0.1, -0.05) is 24.3 Å². The van der Waals surface area contributed by atoms with Crippen molar-refractivity contribution in [2.45, 2.75) is 13.0 Å². The first-order valence-corrected chi connectivity index (χ1v) is 8.21. The standard InChI is InChI=1S/C21H22N2O3/c1-4-5-16-10-11-19(20(12-16)25-3)26-15-21(24)23(2)14-18-8-6-17(13-22)7-9-18/h4,6-12H,1,5,14-15H2,2-3H3. The van der Waals surface area contributed by atoms with E-state index in [0.29, 0.717) is 23.6 Å². The summed E-state index contributed by atoms with van der Waals surface area (Å²) in [6.07, 6.45) is 2.56. The second-order valence-electron chi connectivity index (χ2n) is 5.83. The Kier molecular flexibility index (Phi) is 6.81. The number of benzene rings is 2. The molecule has 0 bridgehead atoms. The van der Waals surface area contributed by atoms with Crippen molar-refractivity contribution in [1.29, 1.82) is 5.26 Å². The summed E-state index contributed by atoms with van der Waals surface area (Å²) in [7, 11) is 3.28. The molecular formula is C21H22N2O3. The molecule has 0 aliphatic heterocycles. The molecule has 0 aliphatic rings. The van der Waals surface area contributed by atoms with E-state index in [4.69, 9.17) is 14.7 Å². The van der Waals surface area contributed by atoms with Gasteiger partial charge >= 0.3 is 0 Å². The van der Waals surface area contributed by atoms with Crippen molar-refractivity contribution in [3.8, 4) is 17.6 Å². The number of likely N-dealkylation sites (N-methyl/N-ethyl adjacent to an activating group) is 1. The van der Waals surface area contributed by atoms with E-state index in [1.54, 1.807) is 37.3 Å². The molecule has 0 radical (unpaired) electrons. The predicted molar refractivity (Wildman–Crippen MR) is 100 cm³/mol. The van der Waals surface area contributed by atoms with Gasteiger partial charge in [-0.3, -0.25) is 4.79 Å². The number of carbonyl (C=O) groups excluding carboxylic acids is 1. The molecule has 0 N–H and O–H groups in total. The predicted octanol–water partition coefficient (Wildman–Crippen LogP) is 3.33. The zero-order chi connectivity index (χ0) is 18.9. The number of allylic oxidation sites excluding steroid dienone is 1.